The second-order valence-corrected chi connectivity index (χ2v) is 9.52. The van der Waals surface area contributed by atoms with Gasteiger partial charge in [0.1, 0.15) is 12.4 Å². The summed E-state index contributed by atoms with van der Waals surface area (Å²) >= 11 is 0. The third-order valence-corrected chi connectivity index (χ3v) is 6.54. The lowest BCUT2D eigenvalue weighted by atomic mass is 10.1. The fourth-order valence-corrected chi connectivity index (χ4v) is 4.41. The molecule has 0 aliphatic heterocycles. The highest BCUT2D eigenvalue weighted by Gasteiger charge is 2.30. The summed E-state index contributed by atoms with van der Waals surface area (Å²) < 4.78 is 31.3. The molecule has 214 valence electrons. The van der Waals surface area contributed by atoms with Crippen molar-refractivity contribution in [2.45, 2.75) is 26.0 Å². The SMILES string of the molecule is COc1ccc(C(OC)C(=O)N(CC(=O)Nc2nn(-c3ccc(F)cc3)cc2-c2ccccc2)C(C)C)cc1OC. The fraction of sp³-hybridized carbons (Fsp3) is 0.258. The third-order valence-electron chi connectivity index (χ3n) is 6.54. The van der Waals surface area contributed by atoms with E-state index < -0.39 is 12.0 Å². The highest BCUT2D eigenvalue weighted by atomic mass is 19.1. The lowest BCUT2D eigenvalue weighted by Crippen LogP contribution is -2.45. The van der Waals surface area contributed by atoms with Gasteiger partial charge in [0.25, 0.3) is 5.91 Å². The van der Waals surface area contributed by atoms with Gasteiger partial charge in [-0.3, -0.25) is 9.59 Å². The van der Waals surface area contributed by atoms with Crippen LogP contribution in [0.25, 0.3) is 16.8 Å². The first-order chi connectivity index (χ1) is 19.7. The molecule has 1 heterocycles. The monoisotopic (exact) mass is 560 g/mol. The Morgan fingerprint density at radius 2 is 1.63 bits per heavy atom. The summed E-state index contributed by atoms with van der Waals surface area (Å²) in [6, 6.07) is 20.1. The topological polar surface area (TPSA) is 94.9 Å². The molecule has 1 N–H and O–H groups in total. The van der Waals surface area contributed by atoms with Crippen LogP contribution in [-0.4, -0.2) is 60.4 Å². The number of carbonyl (C=O) groups excluding carboxylic acids is 2. The zero-order valence-electron chi connectivity index (χ0n) is 23.6. The van der Waals surface area contributed by atoms with Gasteiger partial charge in [-0.1, -0.05) is 36.4 Å². The van der Waals surface area contributed by atoms with Crippen LogP contribution >= 0.6 is 0 Å². The Balaban J connectivity index is 1.59. The molecule has 0 saturated carbocycles. The molecule has 1 aromatic heterocycles. The number of hydrogen-bond donors (Lipinski definition) is 1. The van der Waals surface area contributed by atoms with E-state index in [0.717, 1.165) is 5.56 Å². The third kappa shape index (κ3) is 6.72. The van der Waals surface area contributed by atoms with Gasteiger partial charge in [-0.05, 0) is 61.4 Å². The van der Waals surface area contributed by atoms with Gasteiger partial charge in [0.05, 0.1) is 19.9 Å². The number of nitrogens with zero attached hydrogens (tertiary/aromatic N) is 3. The van der Waals surface area contributed by atoms with E-state index in [9.17, 15) is 14.0 Å². The maximum absolute atomic E-state index is 13.7. The Hall–Kier alpha value is -4.70. The largest absolute Gasteiger partial charge is 0.493 e. The molecule has 0 saturated heterocycles. The van der Waals surface area contributed by atoms with Crippen LogP contribution in [0.1, 0.15) is 25.5 Å². The standard InChI is InChI=1S/C31H33FN4O5/c1-20(2)35(31(38)29(41-5)22-11-16-26(39-3)27(17-22)40-4)19-28(37)33-30-25(21-9-7-6-8-10-21)18-36(34-30)24-14-12-23(32)13-15-24/h6-18,20,29H,19H2,1-5H3,(H,33,34,37). The van der Waals surface area contributed by atoms with Crippen molar-refractivity contribution in [1.29, 1.82) is 0 Å². The van der Waals surface area contributed by atoms with E-state index >= 15 is 0 Å². The zero-order chi connectivity index (χ0) is 29.5. The molecule has 4 aromatic rings. The minimum Gasteiger partial charge on any atom is -0.493 e. The lowest BCUT2D eigenvalue weighted by molar-refractivity contribution is -0.146. The summed E-state index contributed by atoms with van der Waals surface area (Å²) in [5.41, 5.74) is 2.69. The summed E-state index contributed by atoms with van der Waals surface area (Å²) in [6.45, 7) is 3.41. The van der Waals surface area contributed by atoms with Gasteiger partial charge in [-0.25, -0.2) is 9.07 Å². The number of ether oxygens (including phenoxy) is 3. The predicted molar refractivity (Wildman–Crippen MR) is 154 cm³/mol. The molecule has 3 aromatic carbocycles. The minimum absolute atomic E-state index is 0.235. The highest BCUT2D eigenvalue weighted by Crippen LogP contribution is 2.32. The molecule has 9 nitrogen and oxygen atoms in total. The van der Waals surface area contributed by atoms with E-state index in [1.54, 1.807) is 41.2 Å². The molecule has 0 bridgehead atoms. The molecule has 0 spiro atoms. The van der Waals surface area contributed by atoms with Crippen molar-refractivity contribution in [2.75, 3.05) is 33.2 Å². The summed E-state index contributed by atoms with van der Waals surface area (Å²) in [4.78, 5) is 28.5. The van der Waals surface area contributed by atoms with Crippen LogP contribution in [0, 0.1) is 5.82 Å². The lowest BCUT2D eigenvalue weighted by Gasteiger charge is -2.30. The van der Waals surface area contributed by atoms with Crippen LogP contribution in [0.15, 0.2) is 79.0 Å². The smallest absolute Gasteiger partial charge is 0.257 e. The number of amides is 2. The van der Waals surface area contributed by atoms with E-state index in [2.05, 4.69) is 10.4 Å². The molecule has 1 atom stereocenters. The van der Waals surface area contributed by atoms with Gasteiger partial charge >= 0.3 is 0 Å². The highest BCUT2D eigenvalue weighted by molar-refractivity contribution is 5.97. The molecular formula is C31H33FN4O5. The first-order valence-corrected chi connectivity index (χ1v) is 13.0. The molecule has 0 aliphatic carbocycles. The second-order valence-electron chi connectivity index (χ2n) is 9.52. The first kappa shape index (κ1) is 29.3. The molecule has 0 aliphatic rings. The van der Waals surface area contributed by atoms with Crippen LogP contribution in [0.5, 0.6) is 11.5 Å². The van der Waals surface area contributed by atoms with Crippen LogP contribution in [0.2, 0.25) is 0 Å². The van der Waals surface area contributed by atoms with Crippen molar-refractivity contribution in [3.8, 4) is 28.3 Å². The Kier molecular flexibility index (Phi) is 9.36. The summed E-state index contributed by atoms with van der Waals surface area (Å²) in [6.07, 6.45) is 0.796. The normalized spacial score (nSPS) is 11.7. The van der Waals surface area contributed by atoms with Crippen molar-refractivity contribution >= 4 is 17.6 Å². The Labute approximate surface area is 238 Å². The molecule has 4 rings (SSSR count). The van der Waals surface area contributed by atoms with Crippen LogP contribution in [-0.2, 0) is 14.3 Å². The quantitative estimate of drug-likeness (QED) is 0.269. The maximum atomic E-state index is 13.7. The minimum atomic E-state index is -0.970. The van der Waals surface area contributed by atoms with Crippen molar-refractivity contribution in [3.05, 3.63) is 90.4 Å². The van der Waals surface area contributed by atoms with Crippen LogP contribution < -0.4 is 14.8 Å². The number of halogens is 1. The van der Waals surface area contributed by atoms with Crippen LogP contribution in [0.3, 0.4) is 0 Å². The number of hydrogen-bond acceptors (Lipinski definition) is 6. The zero-order valence-corrected chi connectivity index (χ0v) is 23.6. The van der Waals surface area contributed by atoms with Crippen molar-refractivity contribution in [2.24, 2.45) is 0 Å². The maximum Gasteiger partial charge on any atom is 0.257 e. The average Bonchev–Trinajstić information content (AvgIpc) is 3.40. The number of methoxy groups -OCH3 is 3. The van der Waals surface area contributed by atoms with Crippen molar-refractivity contribution in [3.63, 3.8) is 0 Å². The molecule has 1 unspecified atom stereocenters. The number of aromatic nitrogens is 2. The second kappa shape index (κ2) is 13.1. The number of carbonyl (C=O) groups is 2. The van der Waals surface area contributed by atoms with E-state index in [-0.39, 0.29) is 24.3 Å². The molecule has 10 heteroatoms. The Morgan fingerprint density at radius 3 is 2.24 bits per heavy atom. The average molecular weight is 561 g/mol. The summed E-state index contributed by atoms with van der Waals surface area (Å²) in [5.74, 6) is 0.107. The predicted octanol–water partition coefficient (Wildman–Crippen LogP) is 5.26. The van der Waals surface area contributed by atoms with Crippen molar-refractivity contribution in [1.82, 2.24) is 14.7 Å². The molecule has 0 fully saturated rings. The number of rotatable bonds is 11. The number of anilines is 1. The van der Waals surface area contributed by atoms with Gasteiger partial charge in [0.2, 0.25) is 5.91 Å². The van der Waals surface area contributed by atoms with E-state index in [4.69, 9.17) is 14.2 Å². The van der Waals surface area contributed by atoms with Gasteiger partial charge in [0, 0.05) is 24.9 Å². The number of nitrogens with one attached hydrogen (secondary N) is 1. The fourth-order valence-electron chi connectivity index (χ4n) is 4.41. The first-order valence-electron chi connectivity index (χ1n) is 13.0. The summed E-state index contributed by atoms with van der Waals surface area (Å²) in [5, 5.41) is 7.43. The van der Waals surface area contributed by atoms with Gasteiger partial charge in [0.15, 0.2) is 23.4 Å². The Bertz CT molecular complexity index is 1490. The molecule has 2 amide bonds. The molecule has 41 heavy (non-hydrogen) atoms. The molecular weight excluding hydrogens is 527 g/mol. The van der Waals surface area contributed by atoms with Crippen LogP contribution in [0.4, 0.5) is 10.2 Å². The Morgan fingerprint density at radius 1 is 0.951 bits per heavy atom. The van der Waals surface area contributed by atoms with E-state index in [0.29, 0.717) is 34.1 Å². The molecule has 0 radical (unpaired) electrons. The van der Waals surface area contributed by atoms with Gasteiger partial charge < -0.3 is 24.4 Å². The summed E-state index contributed by atoms with van der Waals surface area (Å²) in [7, 11) is 4.48. The van der Waals surface area contributed by atoms with Gasteiger partial charge in [-0.15, -0.1) is 5.10 Å². The number of benzene rings is 3. The van der Waals surface area contributed by atoms with E-state index in [1.165, 1.54) is 38.4 Å². The van der Waals surface area contributed by atoms with Gasteiger partial charge in [-0.2, -0.15) is 0 Å². The van der Waals surface area contributed by atoms with E-state index in [1.807, 2.05) is 44.2 Å². The van der Waals surface area contributed by atoms with Crippen molar-refractivity contribution < 1.29 is 28.2 Å².